The van der Waals surface area contributed by atoms with Crippen molar-refractivity contribution in [3.63, 3.8) is 0 Å². The molecule has 112 valence electrons. The monoisotopic (exact) mass is 293 g/mol. The number of nitrogens with zero attached hydrogens (tertiary/aromatic N) is 3. The van der Waals surface area contributed by atoms with E-state index < -0.39 is 0 Å². The molecule has 0 aliphatic carbocycles. The fourth-order valence-corrected chi connectivity index (χ4v) is 4.04. The summed E-state index contributed by atoms with van der Waals surface area (Å²) in [7, 11) is 1.88. The molecule has 0 saturated carbocycles. The summed E-state index contributed by atoms with van der Waals surface area (Å²) in [6.45, 7) is 2.38. The quantitative estimate of drug-likeness (QED) is 0.725. The fourth-order valence-electron chi connectivity index (χ4n) is 4.04. The topological polar surface area (TPSA) is 62.9 Å². The maximum absolute atomic E-state index is 5.92. The van der Waals surface area contributed by atoms with Crippen LogP contribution in [0.4, 0.5) is 11.6 Å². The molecule has 0 radical (unpaired) electrons. The molecular weight excluding hydrogens is 274 g/mol. The van der Waals surface area contributed by atoms with E-state index in [2.05, 4.69) is 33.2 Å². The van der Waals surface area contributed by atoms with Crippen LogP contribution >= 0.6 is 0 Å². The smallest absolute Gasteiger partial charge is 0.121 e. The Morgan fingerprint density at radius 3 is 2.77 bits per heavy atom. The van der Waals surface area contributed by atoms with Crippen LogP contribution in [0.15, 0.2) is 24.3 Å². The Balaban J connectivity index is 1.72. The van der Waals surface area contributed by atoms with Crippen LogP contribution < -0.4 is 10.6 Å². The molecule has 5 nitrogen and oxygen atoms in total. The van der Waals surface area contributed by atoms with Crippen molar-refractivity contribution < 1.29 is 0 Å². The summed E-state index contributed by atoms with van der Waals surface area (Å²) >= 11 is 0. The minimum Gasteiger partial charge on any atom is -0.384 e. The lowest BCUT2D eigenvalue weighted by molar-refractivity contribution is 0.475. The van der Waals surface area contributed by atoms with E-state index in [0.717, 1.165) is 11.3 Å². The van der Waals surface area contributed by atoms with Crippen LogP contribution in [0, 0.1) is 0 Å². The van der Waals surface area contributed by atoms with Crippen LogP contribution in [0.5, 0.6) is 0 Å². The molecule has 22 heavy (non-hydrogen) atoms. The van der Waals surface area contributed by atoms with E-state index in [-0.39, 0.29) is 0 Å². The number of anilines is 2. The molecule has 0 unspecified atom stereocenters. The molecule has 0 amide bonds. The number of hydrogen-bond acceptors (Lipinski definition) is 3. The highest BCUT2D eigenvalue weighted by Crippen LogP contribution is 2.46. The Morgan fingerprint density at radius 2 is 2.05 bits per heavy atom. The molecule has 6 rings (SSSR count). The van der Waals surface area contributed by atoms with E-state index in [0.29, 0.717) is 11.7 Å². The minimum absolute atomic E-state index is 0.691. The second kappa shape index (κ2) is 4.06. The van der Waals surface area contributed by atoms with Crippen molar-refractivity contribution in [2.75, 3.05) is 23.7 Å². The van der Waals surface area contributed by atoms with E-state index in [1.54, 1.807) is 4.68 Å². The van der Waals surface area contributed by atoms with Gasteiger partial charge in [0, 0.05) is 48.2 Å². The summed E-state index contributed by atoms with van der Waals surface area (Å²) in [4.78, 5) is 6.11. The van der Waals surface area contributed by atoms with Gasteiger partial charge in [0.25, 0.3) is 0 Å². The predicted molar refractivity (Wildman–Crippen MR) is 89.1 cm³/mol. The number of aromatic amines is 1. The van der Waals surface area contributed by atoms with Crippen molar-refractivity contribution in [3.8, 4) is 11.3 Å². The SMILES string of the molecule is Cn1nc(-c2ccc3[nH]c4c(c3c2)C2CCN4CC2)cc1N. The largest absolute Gasteiger partial charge is 0.384 e. The number of piperidine rings is 1. The van der Waals surface area contributed by atoms with Gasteiger partial charge in [-0.2, -0.15) is 5.10 Å². The Bertz CT molecular complexity index is 860. The summed E-state index contributed by atoms with van der Waals surface area (Å²) in [6, 6.07) is 8.52. The Labute approximate surface area is 128 Å². The standard InChI is InChI=1S/C17H19N5/c1-21-15(18)9-14(20-21)11-2-3-13-12(8-11)16-10-4-6-22(7-5-10)17(16)19-13/h2-3,8-10,19H,4-7,18H2,1H3. The first-order valence-corrected chi connectivity index (χ1v) is 7.91. The fraction of sp³-hybridized carbons (Fsp3) is 0.353. The maximum Gasteiger partial charge on any atom is 0.121 e. The normalized spacial score (nSPS) is 17.4. The van der Waals surface area contributed by atoms with Crippen LogP contribution in [-0.2, 0) is 7.05 Å². The van der Waals surface area contributed by atoms with Crippen LogP contribution in [-0.4, -0.2) is 27.9 Å². The molecule has 3 N–H and O–H groups in total. The Hall–Kier alpha value is -2.43. The summed E-state index contributed by atoms with van der Waals surface area (Å²) < 4.78 is 1.72. The number of nitrogen functional groups attached to an aromatic ring is 1. The van der Waals surface area contributed by atoms with Crippen molar-refractivity contribution >= 4 is 22.5 Å². The molecule has 5 heteroatoms. The van der Waals surface area contributed by atoms with Gasteiger partial charge in [-0.1, -0.05) is 6.07 Å². The van der Waals surface area contributed by atoms with Crippen LogP contribution in [0.2, 0.25) is 0 Å². The third kappa shape index (κ3) is 1.51. The van der Waals surface area contributed by atoms with Crippen molar-refractivity contribution in [1.82, 2.24) is 14.8 Å². The number of aromatic nitrogens is 3. The van der Waals surface area contributed by atoms with Crippen LogP contribution in [0.1, 0.15) is 24.3 Å². The zero-order chi connectivity index (χ0) is 14.8. The Morgan fingerprint density at radius 1 is 1.23 bits per heavy atom. The number of rotatable bonds is 1. The summed E-state index contributed by atoms with van der Waals surface area (Å²) in [5, 5.41) is 5.86. The number of aryl methyl sites for hydroxylation is 1. The van der Waals surface area contributed by atoms with Gasteiger partial charge in [0.15, 0.2) is 0 Å². The van der Waals surface area contributed by atoms with E-state index in [1.807, 2.05) is 13.1 Å². The lowest BCUT2D eigenvalue weighted by atomic mass is 9.84. The number of H-pyrrole nitrogens is 1. The van der Waals surface area contributed by atoms with Crippen molar-refractivity contribution in [3.05, 3.63) is 29.8 Å². The number of hydrogen-bond donors (Lipinski definition) is 2. The molecule has 5 heterocycles. The molecule has 3 aliphatic heterocycles. The number of nitrogens with one attached hydrogen (secondary N) is 1. The molecule has 0 atom stereocenters. The molecule has 1 saturated heterocycles. The van der Waals surface area contributed by atoms with E-state index in [4.69, 9.17) is 5.73 Å². The zero-order valence-electron chi connectivity index (χ0n) is 12.6. The third-order valence-corrected chi connectivity index (χ3v) is 5.25. The summed E-state index contributed by atoms with van der Waals surface area (Å²) in [5.74, 6) is 2.74. The number of nitrogens with two attached hydrogens (primary N) is 1. The number of fused-ring (bicyclic) bond motifs is 3. The van der Waals surface area contributed by atoms with E-state index in [1.165, 1.54) is 48.2 Å². The van der Waals surface area contributed by atoms with Gasteiger partial charge in [-0.05, 0) is 30.9 Å². The van der Waals surface area contributed by atoms with Gasteiger partial charge in [0.05, 0.1) is 5.69 Å². The van der Waals surface area contributed by atoms with Gasteiger partial charge in [-0.15, -0.1) is 0 Å². The first-order valence-electron chi connectivity index (χ1n) is 7.91. The van der Waals surface area contributed by atoms with Crippen LogP contribution in [0.25, 0.3) is 22.2 Å². The second-order valence-corrected chi connectivity index (χ2v) is 6.49. The Kier molecular flexibility index (Phi) is 2.24. The van der Waals surface area contributed by atoms with E-state index >= 15 is 0 Å². The molecule has 3 aliphatic rings. The summed E-state index contributed by atoms with van der Waals surface area (Å²) in [6.07, 6.45) is 2.56. The molecular formula is C17H19N5. The van der Waals surface area contributed by atoms with Crippen molar-refractivity contribution in [2.24, 2.45) is 7.05 Å². The van der Waals surface area contributed by atoms with E-state index in [9.17, 15) is 0 Å². The molecule has 1 aromatic carbocycles. The van der Waals surface area contributed by atoms with Crippen molar-refractivity contribution in [2.45, 2.75) is 18.8 Å². The lowest BCUT2D eigenvalue weighted by Gasteiger charge is -2.40. The molecule has 2 bridgehead atoms. The van der Waals surface area contributed by atoms with Gasteiger partial charge in [0.2, 0.25) is 0 Å². The lowest BCUT2D eigenvalue weighted by Crippen LogP contribution is -2.38. The highest BCUT2D eigenvalue weighted by molar-refractivity contribution is 5.93. The van der Waals surface area contributed by atoms with Crippen LogP contribution in [0.3, 0.4) is 0 Å². The molecule has 3 aromatic rings. The average molecular weight is 293 g/mol. The first-order chi connectivity index (χ1) is 10.7. The highest BCUT2D eigenvalue weighted by Gasteiger charge is 2.33. The minimum atomic E-state index is 0.691. The van der Waals surface area contributed by atoms with Crippen molar-refractivity contribution in [1.29, 1.82) is 0 Å². The summed E-state index contributed by atoms with van der Waals surface area (Å²) in [5.41, 5.74) is 10.7. The van der Waals surface area contributed by atoms with Gasteiger partial charge < -0.3 is 15.6 Å². The zero-order valence-corrected chi connectivity index (χ0v) is 12.6. The highest BCUT2D eigenvalue weighted by atomic mass is 15.3. The van der Waals surface area contributed by atoms with Gasteiger partial charge in [-0.25, -0.2) is 0 Å². The molecule has 2 aromatic heterocycles. The van der Waals surface area contributed by atoms with Gasteiger partial charge in [0.1, 0.15) is 11.6 Å². The molecule has 1 fully saturated rings. The predicted octanol–water partition coefficient (Wildman–Crippen LogP) is 2.85. The second-order valence-electron chi connectivity index (χ2n) is 6.49. The average Bonchev–Trinajstić information content (AvgIpc) is 3.10. The van der Waals surface area contributed by atoms with Gasteiger partial charge >= 0.3 is 0 Å². The maximum atomic E-state index is 5.92. The number of benzene rings is 1. The first kappa shape index (κ1) is 12.1. The molecule has 0 spiro atoms. The van der Waals surface area contributed by atoms with Gasteiger partial charge in [-0.3, -0.25) is 4.68 Å². The third-order valence-electron chi connectivity index (χ3n) is 5.25.